The molecule has 4 nitrogen and oxygen atoms in total. The number of rotatable bonds is 1. The van der Waals surface area contributed by atoms with Gasteiger partial charge < -0.3 is 10.0 Å². The fraction of sp³-hybridized carbons (Fsp3) is 0.400. The van der Waals surface area contributed by atoms with Crippen molar-refractivity contribution in [1.82, 2.24) is 9.88 Å². The highest BCUT2D eigenvalue weighted by Gasteiger charge is 2.27. The molecule has 0 saturated carbocycles. The Hall–Kier alpha value is -0.650. The number of aliphatic hydroxyl groups excluding tert-OH is 1. The lowest BCUT2D eigenvalue weighted by atomic mass is 10.2. The number of β-amino-alcohol motifs (C(OH)–C–C–N with tert-alkyl or cyclic N) is 1. The Bertz CT molecular complexity index is 427. The average Bonchev–Trinajstić information content (AvgIpc) is 2.67. The van der Waals surface area contributed by atoms with Crippen LogP contribution in [0.15, 0.2) is 16.7 Å². The van der Waals surface area contributed by atoms with E-state index < -0.39 is 6.10 Å². The Morgan fingerprint density at radius 1 is 1.69 bits per heavy atom. The largest absolute Gasteiger partial charge is 0.391 e. The molecule has 1 N–H and O–H groups in total. The minimum absolute atomic E-state index is 0.185. The van der Waals surface area contributed by atoms with Gasteiger partial charge in [-0.2, -0.15) is 0 Å². The summed E-state index contributed by atoms with van der Waals surface area (Å²) >= 11 is 9.11. The van der Waals surface area contributed by atoms with E-state index >= 15 is 0 Å². The second kappa shape index (κ2) is 4.69. The molecule has 1 fully saturated rings. The highest BCUT2D eigenvalue weighted by atomic mass is 79.9. The number of nitrogens with zero attached hydrogens (tertiary/aromatic N) is 2. The standard InChI is InChI=1S/C10H10BrClN2O2/c11-6-3-8(9(12)13-4-6)10(16)14-2-1-7(15)5-14/h3-4,7,15H,1-2,5H2. The zero-order chi connectivity index (χ0) is 11.7. The van der Waals surface area contributed by atoms with E-state index in [9.17, 15) is 9.90 Å². The predicted molar refractivity (Wildman–Crippen MR) is 63.5 cm³/mol. The molecule has 0 radical (unpaired) electrons. The molecule has 0 spiro atoms. The Morgan fingerprint density at radius 2 is 2.44 bits per heavy atom. The third-order valence-corrected chi connectivity index (χ3v) is 3.22. The molecular weight excluding hydrogens is 295 g/mol. The van der Waals surface area contributed by atoms with Crippen molar-refractivity contribution in [2.45, 2.75) is 12.5 Å². The van der Waals surface area contributed by atoms with E-state index in [0.29, 0.717) is 29.5 Å². The number of amides is 1. The Kier molecular flexibility index (Phi) is 3.47. The van der Waals surface area contributed by atoms with Gasteiger partial charge in [0.15, 0.2) is 0 Å². The number of likely N-dealkylation sites (tertiary alicyclic amines) is 1. The van der Waals surface area contributed by atoms with Gasteiger partial charge in [0.05, 0.1) is 11.7 Å². The summed E-state index contributed by atoms with van der Waals surface area (Å²) in [7, 11) is 0. The van der Waals surface area contributed by atoms with Gasteiger partial charge in [-0.15, -0.1) is 0 Å². The van der Waals surface area contributed by atoms with Crippen LogP contribution < -0.4 is 0 Å². The molecule has 0 aromatic carbocycles. The first kappa shape index (κ1) is 11.8. The third kappa shape index (κ3) is 2.36. The Labute approximate surface area is 106 Å². The van der Waals surface area contributed by atoms with Crippen LogP contribution in [0.25, 0.3) is 0 Å². The van der Waals surface area contributed by atoms with Crippen molar-refractivity contribution in [1.29, 1.82) is 0 Å². The molecule has 2 rings (SSSR count). The first-order chi connectivity index (χ1) is 7.58. The Morgan fingerprint density at radius 3 is 3.06 bits per heavy atom. The van der Waals surface area contributed by atoms with Crippen molar-refractivity contribution >= 4 is 33.4 Å². The molecule has 2 heterocycles. The van der Waals surface area contributed by atoms with Crippen LogP contribution in [0.1, 0.15) is 16.8 Å². The van der Waals surface area contributed by atoms with E-state index in [4.69, 9.17) is 11.6 Å². The van der Waals surface area contributed by atoms with Gasteiger partial charge in [-0.1, -0.05) is 11.6 Å². The molecule has 1 unspecified atom stereocenters. The fourth-order valence-electron chi connectivity index (χ4n) is 1.67. The SMILES string of the molecule is O=C(c1cc(Br)cnc1Cl)N1CCC(O)C1. The molecule has 1 saturated heterocycles. The molecule has 0 aliphatic carbocycles. The summed E-state index contributed by atoms with van der Waals surface area (Å²) in [5.74, 6) is -0.185. The smallest absolute Gasteiger partial charge is 0.257 e. The lowest BCUT2D eigenvalue weighted by Crippen LogP contribution is -2.29. The minimum atomic E-state index is -0.428. The van der Waals surface area contributed by atoms with Crippen LogP contribution in [0.2, 0.25) is 5.15 Å². The van der Waals surface area contributed by atoms with E-state index in [1.54, 1.807) is 11.0 Å². The number of carbonyl (C=O) groups is 1. The zero-order valence-electron chi connectivity index (χ0n) is 8.36. The summed E-state index contributed by atoms with van der Waals surface area (Å²) in [6.45, 7) is 0.921. The molecule has 16 heavy (non-hydrogen) atoms. The summed E-state index contributed by atoms with van der Waals surface area (Å²) < 4.78 is 0.708. The maximum absolute atomic E-state index is 12.0. The van der Waals surface area contributed by atoms with Crippen LogP contribution in [-0.4, -0.2) is 40.1 Å². The number of carbonyl (C=O) groups excluding carboxylic acids is 1. The number of pyridine rings is 1. The van der Waals surface area contributed by atoms with Crippen molar-refractivity contribution in [3.8, 4) is 0 Å². The van der Waals surface area contributed by atoms with Gasteiger partial charge in [0.2, 0.25) is 0 Å². The van der Waals surface area contributed by atoms with E-state index in [2.05, 4.69) is 20.9 Å². The van der Waals surface area contributed by atoms with E-state index in [0.717, 1.165) is 0 Å². The number of aliphatic hydroxyl groups is 1. The van der Waals surface area contributed by atoms with Crippen LogP contribution in [0.5, 0.6) is 0 Å². The van der Waals surface area contributed by atoms with Gasteiger partial charge in [0.25, 0.3) is 5.91 Å². The van der Waals surface area contributed by atoms with E-state index in [1.807, 2.05) is 0 Å². The predicted octanol–water partition coefficient (Wildman–Crippen LogP) is 1.70. The van der Waals surface area contributed by atoms with Gasteiger partial charge in [0, 0.05) is 23.8 Å². The van der Waals surface area contributed by atoms with Crippen molar-refractivity contribution < 1.29 is 9.90 Å². The summed E-state index contributed by atoms with van der Waals surface area (Å²) in [6, 6.07) is 1.64. The molecule has 1 atom stereocenters. The summed E-state index contributed by atoms with van der Waals surface area (Å²) in [5, 5.41) is 9.56. The van der Waals surface area contributed by atoms with Crippen LogP contribution >= 0.6 is 27.5 Å². The average molecular weight is 306 g/mol. The first-order valence-corrected chi connectivity index (χ1v) is 6.03. The number of halogens is 2. The third-order valence-electron chi connectivity index (χ3n) is 2.49. The van der Waals surface area contributed by atoms with E-state index in [-0.39, 0.29) is 11.1 Å². The van der Waals surface area contributed by atoms with Crippen LogP contribution in [0.3, 0.4) is 0 Å². The molecule has 1 amide bonds. The molecule has 1 aliphatic heterocycles. The lowest BCUT2D eigenvalue weighted by Gasteiger charge is -2.15. The second-order valence-electron chi connectivity index (χ2n) is 3.69. The normalized spacial score (nSPS) is 20.2. The Balaban J connectivity index is 2.23. The van der Waals surface area contributed by atoms with Gasteiger partial charge in [-0.3, -0.25) is 4.79 Å². The number of aromatic nitrogens is 1. The van der Waals surface area contributed by atoms with Crippen LogP contribution in [-0.2, 0) is 0 Å². The van der Waals surface area contributed by atoms with Crippen molar-refractivity contribution in [3.05, 3.63) is 27.5 Å². The molecule has 0 bridgehead atoms. The van der Waals surface area contributed by atoms with Crippen molar-refractivity contribution in [3.63, 3.8) is 0 Å². The summed E-state index contributed by atoms with van der Waals surface area (Å²) in [6.07, 6.45) is 1.73. The monoisotopic (exact) mass is 304 g/mol. The quantitative estimate of drug-likeness (QED) is 0.804. The zero-order valence-corrected chi connectivity index (χ0v) is 10.7. The molecule has 1 aliphatic rings. The topological polar surface area (TPSA) is 53.4 Å². The maximum atomic E-state index is 12.0. The first-order valence-electron chi connectivity index (χ1n) is 4.86. The van der Waals surface area contributed by atoms with Crippen LogP contribution in [0, 0.1) is 0 Å². The van der Waals surface area contributed by atoms with Crippen molar-refractivity contribution in [2.24, 2.45) is 0 Å². The second-order valence-corrected chi connectivity index (χ2v) is 4.96. The van der Waals surface area contributed by atoms with Gasteiger partial charge in [-0.25, -0.2) is 4.98 Å². The summed E-state index contributed by atoms with van der Waals surface area (Å²) in [4.78, 5) is 17.5. The minimum Gasteiger partial charge on any atom is -0.391 e. The summed E-state index contributed by atoms with van der Waals surface area (Å²) in [5.41, 5.74) is 0.366. The lowest BCUT2D eigenvalue weighted by molar-refractivity contribution is 0.0764. The van der Waals surface area contributed by atoms with Crippen molar-refractivity contribution in [2.75, 3.05) is 13.1 Å². The van der Waals surface area contributed by atoms with Gasteiger partial charge >= 0.3 is 0 Å². The maximum Gasteiger partial charge on any atom is 0.257 e. The highest BCUT2D eigenvalue weighted by Crippen LogP contribution is 2.21. The highest BCUT2D eigenvalue weighted by molar-refractivity contribution is 9.10. The molecule has 86 valence electrons. The fourth-order valence-corrected chi connectivity index (χ4v) is 2.18. The van der Waals surface area contributed by atoms with E-state index in [1.165, 1.54) is 6.20 Å². The molecule has 1 aromatic heterocycles. The number of hydrogen-bond donors (Lipinski definition) is 1. The molecule has 1 aromatic rings. The van der Waals surface area contributed by atoms with Gasteiger partial charge in [-0.05, 0) is 28.4 Å². The molecular formula is C10H10BrClN2O2. The molecule has 6 heteroatoms. The van der Waals surface area contributed by atoms with Crippen LogP contribution in [0.4, 0.5) is 0 Å². The number of hydrogen-bond acceptors (Lipinski definition) is 3. The van der Waals surface area contributed by atoms with Gasteiger partial charge in [0.1, 0.15) is 5.15 Å².